The van der Waals surface area contributed by atoms with Crippen molar-refractivity contribution in [1.29, 1.82) is 0 Å². The smallest absolute Gasteiger partial charge is 0.164 e. The Bertz CT molecular complexity index is 560. The van der Waals surface area contributed by atoms with Gasteiger partial charge in [-0.25, -0.2) is 9.67 Å². The summed E-state index contributed by atoms with van der Waals surface area (Å²) in [5.41, 5.74) is -0.161. The first kappa shape index (κ1) is 16.0. The Hall–Kier alpha value is -1.39. The van der Waals surface area contributed by atoms with Crippen LogP contribution in [0.15, 0.2) is 36.9 Å². The second-order valence-electron chi connectivity index (χ2n) is 6.39. The summed E-state index contributed by atoms with van der Waals surface area (Å²) < 4.78 is 1.56. The first-order valence-electron chi connectivity index (χ1n) is 7.15. The van der Waals surface area contributed by atoms with E-state index in [4.69, 9.17) is 11.6 Å². The molecule has 0 aliphatic rings. The van der Waals surface area contributed by atoms with Gasteiger partial charge in [-0.1, -0.05) is 44.5 Å². The molecule has 0 saturated carbocycles. The lowest BCUT2D eigenvalue weighted by molar-refractivity contribution is -0.144. The molecule has 5 heteroatoms. The highest BCUT2D eigenvalue weighted by Gasteiger charge is 2.42. The van der Waals surface area contributed by atoms with Crippen LogP contribution in [-0.4, -0.2) is 19.9 Å². The minimum Gasteiger partial charge on any atom is -0.369 e. The molecule has 0 aliphatic carbocycles. The molecule has 21 heavy (non-hydrogen) atoms. The van der Waals surface area contributed by atoms with Gasteiger partial charge < -0.3 is 5.11 Å². The van der Waals surface area contributed by atoms with Crippen LogP contribution in [0.25, 0.3) is 0 Å². The summed E-state index contributed by atoms with van der Waals surface area (Å²) in [6, 6.07) is 7.83. The van der Waals surface area contributed by atoms with E-state index in [0.717, 1.165) is 17.9 Å². The van der Waals surface area contributed by atoms with Crippen molar-refractivity contribution in [3.8, 4) is 0 Å². The van der Waals surface area contributed by atoms with Crippen LogP contribution in [0.1, 0.15) is 39.2 Å². The molecule has 0 radical (unpaired) electrons. The van der Waals surface area contributed by atoms with Crippen molar-refractivity contribution in [1.82, 2.24) is 14.8 Å². The van der Waals surface area contributed by atoms with E-state index in [1.807, 2.05) is 45.0 Å². The molecule has 1 atom stereocenters. The molecule has 0 bridgehead atoms. The molecule has 4 nitrogen and oxygen atoms in total. The lowest BCUT2D eigenvalue weighted by Crippen LogP contribution is -2.46. The van der Waals surface area contributed by atoms with Crippen molar-refractivity contribution in [3.63, 3.8) is 0 Å². The van der Waals surface area contributed by atoms with Gasteiger partial charge in [-0.05, 0) is 37.0 Å². The van der Waals surface area contributed by atoms with E-state index < -0.39 is 5.72 Å². The quantitative estimate of drug-likeness (QED) is 0.917. The lowest BCUT2D eigenvalue weighted by atomic mass is 9.79. The zero-order chi connectivity index (χ0) is 15.5. The van der Waals surface area contributed by atoms with Crippen LogP contribution in [-0.2, 0) is 12.1 Å². The number of hydrogen-bond donors (Lipinski definition) is 1. The normalized spacial score (nSPS) is 14.9. The number of aliphatic hydroxyl groups is 1. The predicted octanol–water partition coefficient (Wildman–Crippen LogP) is 3.65. The van der Waals surface area contributed by atoms with E-state index in [-0.39, 0.29) is 5.41 Å². The van der Waals surface area contributed by atoms with Gasteiger partial charge in [0.05, 0.1) is 0 Å². The van der Waals surface area contributed by atoms with E-state index in [1.54, 1.807) is 11.0 Å². The molecule has 0 saturated heterocycles. The van der Waals surface area contributed by atoms with Gasteiger partial charge in [0, 0.05) is 10.4 Å². The maximum Gasteiger partial charge on any atom is 0.164 e. The molecule has 0 fully saturated rings. The van der Waals surface area contributed by atoms with Crippen LogP contribution in [0.4, 0.5) is 0 Å². The molecule has 2 rings (SSSR count). The average Bonchev–Trinajstić information content (AvgIpc) is 2.94. The standard InChI is InChI=1S/C16H22ClN3O/c1-15(2,3)16(21,20-12-18-11-19-20)10-4-5-13-6-8-14(17)9-7-13/h6-9,11-12,21H,4-5,10H2,1-3H3. The Morgan fingerprint density at radius 1 is 1.19 bits per heavy atom. The molecular weight excluding hydrogens is 286 g/mol. The van der Waals surface area contributed by atoms with Crippen molar-refractivity contribution in [2.45, 2.75) is 45.8 Å². The molecule has 2 aromatic rings. The summed E-state index contributed by atoms with van der Waals surface area (Å²) in [6.07, 6.45) is 5.39. The van der Waals surface area contributed by atoms with Gasteiger partial charge >= 0.3 is 0 Å². The third kappa shape index (κ3) is 3.63. The first-order valence-corrected chi connectivity index (χ1v) is 7.53. The number of aromatic nitrogens is 3. The van der Waals surface area contributed by atoms with Gasteiger partial charge in [0.25, 0.3) is 0 Å². The van der Waals surface area contributed by atoms with Crippen LogP contribution in [0.2, 0.25) is 5.02 Å². The largest absolute Gasteiger partial charge is 0.369 e. The number of aryl methyl sites for hydroxylation is 1. The molecular formula is C16H22ClN3O. The van der Waals surface area contributed by atoms with Crippen molar-refractivity contribution in [3.05, 3.63) is 47.5 Å². The van der Waals surface area contributed by atoms with Gasteiger partial charge in [0.2, 0.25) is 0 Å². The fourth-order valence-corrected chi connectivity index (χ4v) is 2.55. The molecule has 1 aromatic carbocycles. The zero-order valence-electron chi connectivity index (χ0n) is 12.8. The molecule has 0 aliphatic heterocycles. The first-order chi connectivity index (χ1) is 9.83. The zero-order valence-corrected chi connectivity index (χ0v) is 13.5. The highest BCUT2D eigenvalue weighted by Crippen LogP contribution is 2.38. The molecule has 1 aromatic heterocycles. The minimum atomic E-state index is -1.05. The van der Waals surface area contributed by atoms with E-state index in [0.29, 0.717) is 6.42 Å². The number of rotatable bonds is 5. The SMILES string of the molecule is CC(C)(C)C(O)(CCCc1ccc(Cl)cc1)n1cncn1. The summed E-state index contributed by atoms with van der Waals surface area (Å²) in [5.74, 6) is 0. The lowest BCUT2D eigenvalue weighted by Gasteiger charge is -2.40. The van der Waals surface area contributed by atoms with Crippen LogP contribution in [0.3, 0.4) is 0 Å². The second kappa shape index (κ2) is 6.16. The highest BCUT2D eigenvalue weighted by atomic mass is 35.5. The Labute approximate surface area is 130 Å². The molecule has 114 valence electrons. The molecule has 1 N–H and O–H groups in total. The van der Waals surface area contributed by atoms with E-state index in [2.05, 4.69) is 10.1 Å². The van der Waals surface area contributed by atoms with Crippen molar-refractivity contribution in [2.75, 3.05) is 0 Å². The summed E-state index contributed by atoms with van der Waals surface area (Å²) in [4.78, 5) is 3.95. The Morgan fingerprint density at radius 3 is 2.38 bits per heavy atom. The predicted molar refractivity (Wildman–Crippen MR) is 84.1 cm³/mol. The fraction of sp³-hybridized carbons (Fsp3) is 0.500. The number of hydrogen-bond acceptors (Lipinski definition) is 3. The highest BCUT2D eigenvalue weighted by molar-refractivity contribution is 6.30. The van der Waals surface area contributed by atoms with Crippen LogP contribution in [0, 0.1) is 5.41 Å². The van der Waals surface area contributed by atoms with Crippen LogP contribution in [0.5, 0.6) is 0 Å². The molecule has 1 heterocycles. The maximum absolute atomic E-state index is 11.1. The Kier molecular flexibility index (Phi) is 4.69. The minimum absolute atomic E-state index is 0.333. The summed E-state index contributed by atoms with van der Waals surface area (Å²) in [7, 11) is 0. The third-order valence-corrected chi connectivity index (χ3v) is 4.15. The second-order valence-corrected chi connectivity index (χ2v) is 6.82. The van der Waals surface area contributed by atoms with E-state index in [1.165, 1.54) is 11.9 Å². The van der Waals surface area contributed by atoms with Gasteiger partial charge in [-0.3, -0.25) is 0 Å². The van der Waals surface area contributed by atoms with Crippen LogP contribution >= 0.6 is 11.6 Å². The van der Waals surface area contributed by atoms with Gasteiger partial charge in [0.15, 0.2) is 5.72 Å². The van der Waals surface area contributed by atoms with E-state index >= 15 is 0 Å². The van der Waals surface area contributed by atoms with Gasteiger partial charge in [0.1, 0.15) is 12.7 Å². The summed E-state index contributed by atoms with van der Waals surface area (Å²) >= 11 is 5.89. The fourth-order valence-electron chi connectivity index (χ4n) is 2.42. The Morgan fingerprint density at radius 2 is 1.86 bits per heavy atom. The molecule has 0 spiro atoms. The maximum atomic E-state index is 11.1. The Balaban J connectivity index is 2.05. The third-order valence-electron chi connectivity index (χ3n) is 3.90. The number of benzene rings is 1. The number of nitrogens with zero attached hydrogens (tertiary/aromatic N) is 3. The van der Waals surface area contributed by atoms with Crippen molar-refractivity contribution in [2.24, 2.45) is 5.41 Å². The topological polar surface area (TPSA) is 50.9 Å². The van der Waals surface area contributed by atoms with Crippen molar-refractivity contribution >= 4 is 11.6 Å². The molecule has 0 amide bonds. The average molecular weight is 308 g/mol. The summed E-state index contributed by atoms with van der Waals surface area (Å²) in [6.45, 7) is 6.03. The molecule has 1 unspecified atom stereocenters. The van der Waals surface area contributed by atoms with Crippen molar-refractivity contribution < 1.29 is 5.11 Å². The van der Waals surface area contributed by atoms with E-state index in [9.17, 15) is 5.11 Å². The van der Waals surface area contributed by atoms with Gasteiger partial charge in [-0.15, -0.1) is 0 Å². The van der Waals surface area contributed by atoms with Crippen LogP contribution < -0.4 is 0 Å². The monoisotopic (exact) mass is 307 g/mol. The number of halogens is 1. The van der Waals surface area contributed by atoms with Gasteiger partial charge in [-0.2, -0.15) is 5.10 Å². The summed E-state index contributed by atoms with van der Waals surface area (Å²) in [5, 5.41) is 15.9.